The monoisotopic (exact) mass is 324 g/mol. The second kappa shape index (κ2) is 7.41. The third kappa shape index (κ3) is 3.71. The fourth-order valence-electron chi connectivity index (χ4n) is 2.96. The molecule has 0 radical (unpaired) electrons. The van der Waals surface area contributed by atoms with Crippen molar-refractivity contribution < 1.29 is 9.71 Å². The molecule has 2 aromatic carbocycles. The van der Waals surface area contributed by atoms with Gasteiger partial charge in [0.1, 0.15) is 12.4 Å². The smallest absolute Gasteiger partial charge is 0.123 e. The van der Waals surface area contributed by atoms with E-state index in [1.54, 1.807) is 12.1 Å². The van der Waals surface area contributed by atoms with Crippen LogP contribution in [0.5, 0.6) is 0 Å². The van der Waals surface area contributed by atoms with Crippen molar-refractivity contribution in [1.29, 1.82) is 0 Å². The molecule has 0 aliphatic carbocycles. The molecule has 0 bridgehead atoms. The highest BCUT2D eigenvalue weighted by Gasteiger charge is 2.14. The van der Waals surface area contributed by atoms with Gasteiger partial charge in [-0.3, -0.25) is 0 Å². The minimum absolute atomic E-state index is 0.227. The lowest BCUT2D eigenvalue weighted by Crippen LogP contribution is -2.83. The molecule has 0 spiro atoms. The van der Waals surface area contributed by atoms with Crippen LogP contribution in [0.2, 0.25) is 0 Å². The molecule has 124 valence electrons. The molecule has 0 atom stereocenters. The van der Waals surface area contributed by atoms with Gasteiger partial charge in [0.15, 0.2) is 0 Å². The third-order valence-electron chi connectivity index (χ3n) is 4.34. The Morgan fingerprint density at radius 3 is 2.42 bits per heavy atom. The highest BCUT2D eigenvalue weighted by Crippen LogP contribution is 2.17. The molecule has 3 nitrogen and oxygen atoms in total. The number of nitrogens with zero attached hydrogens (tertiary/aromatic N) is 2. The molecule has 1 heterocycles. The number of benzene rings is 2. The number of hydrogen-bond acceptors (Lipinski definition) is 1. The molecular weight excluding hydrogens is 301 g/mol. The molecule has 0 amide bonds. The largest absolute Gasteiger partial charge is 0.342 e. The lowest BCUT2D eigenvalue weighted by atomic mass is 10.1. The molecule has 0 unspecified atom stereocenters. The summed E-state index contributed by atoms with van der Waals surface area (Å²) in [6.45, 7) is 6.06. The Balaban J connectivity index is 1.65. The maximum Gasteiger partial charge on any atom is 0.123 e. The SMILES string of the molecule is Cc1nn(-c2ccc(F)cc2)c(C)c1C[NH2+]CCc1ccccc1. The molecule has 2 N–H and O–H groups in total. The standard InChI is InChI=1S/C20H22FN3/c1-15-20(14-22-13-12-17-6-4-3-5-7-17)16(2)24(23-15)19-10-8-18(21)9-11-19/h3-11,22H,12-14H2,1-2H3/p+1. The summed E-state index contributed by atoms with van der Waals surface area (Å²) in [5.41, 5.74) is 5.67. The maximum absolute atomic E-state index is 13.1. The first kappa shape index (κ1) is 16.4. The second-order valence-electron chi connectivity index (χ2n) is 6.05. The maximum atomic E-state index is 13.1. The van der Waals surface area contributed by atoms with Crippen LogP contribution in [0, 0.1) is 19.7 Å². The number of quaternary nitrogens is 1. The van der Waals surface area contributed by atoms with Crippen LogP contribution in [-0.2, 0) is 13.0 Å². The minimum atomic E-state index is -0.227. The summed E-state index contributed by atoms with van der Waals surface area (Å²) in [6, 6.07) is 17.0. The van der Waals surface area contributed by atoms with Gasteiger partial charge < -0.3 is 5.32 Å². The lowest BCUT2D eigenvalue weighted by molar-refractivity contribution is -0.670. The molecule has 0 aliphatic heterocycles. The van der Waals surface area contributed by atoms with Crippen LogP contribution in [-0.4, -0.2) is 16.3 Å². The van der Waals surface area contributed by atoms with E-state index in [0.717, 1.165) is 36.6 Å². The van der Waals surface area contributed by atoms with Gasteiger partial charge in [-0.25, -0.2) is 9.07 Å². The number of hydrogen-bond donors (Lipinski definition) is 1. The Hall–Kier alpha value is -2.46. The molecule has 1 aromatic heterocycles. The Kier molecular flexibility index (Phi) is 5.06. The van der Waals surface area contributed by atoms with Crippen molar-refractivity contribution in [2.24, 2.45) is 0 Å². The zero-order valence-corrected chi connectivity index (χ0v) is 14.2. The van der Waals surface area contributed by atoms with Gasteiger partial charge in [0, 0.05) is 6.42 Å². The number of aryl methyl sites for hydroxylation is 1. The van der Waals surface area contributed by atoms with E-state index >= 15 is 0 Å². The quantitative estimate of drug-likeness (QED) is 0.695. The number of nitrogens with two attached hydrogens (primary N) is 1. The Morgan fingerprint density at radius 2 is 1.71 bits per heavy atom. The molecule has 0 aliphatic rings. The van der Waals surface area contributed by atoms with E-state index in [1.807, 2.05) is 17.7 Å². The first-order valence-electron chi connectivity index (χ1n) is 8.32. The molecular formula is C20H23FN3+. The number of aromatic nitrogens is 2. The van der Waals surface area contributed by atoms with Crippen LogP contribution >= 0.6 is 0 Å². The summed E-state index contributed by atoms with van der Waals surface area (Å²) in [4.78, 5) is 0. The average molecular weight is 324 g/mol. The summed E-state index contributed by atoms with van der Waals surface area (Å²) < 4.78 is 15.0. The lowest BCUT2D eigenvalue weighted by Gasteiger charge is -2.06. The van der Waals surface area contributed by atoms with E-state index in [4.69, 9.17) is 0 Å². The van der Waals surface area contributed by atoms with Gasteiger partial charge in [-0.15, -0.1) is 0 Å². The van der Waals surface area contributed by atoms with Crippen molar-refractivity contribution in [3.63, 3.8) is 0 Å². The minimum Gasteiger partial charge on any atom is -0.342 e. The molecule has 0 fully saturated rings. The van der Waals surface area contributed by atoms with E-state index in [1.165, 1.54) is 23.3 Å². The molecule has 24 heavy (non-hydrogen) atoms. The van der Waals surface area contributed by atoms with E-state index in [2.05, 4.69) is 41.6 Å². The first-order valence-corrected chi connectivity index (χ1v) is 8.32. The third-order valence-corrected chi connectivity index (χ3v) is 4.34. The van der Waals surface area contributed by atoms with Crippen LogP contribution in [0.4, 0.5) is 4.39 Å². The van der Waals surface area contributed by atoms with Gasteiger partial charge in [0.05, 0.1) is 29.2 Å². The zero-order chi connectivity index (χ0) is 16.9. The molecule has 0 saturated carbocycles. The molecule has 3 aromatic rings. The van der Waals surface area contributed by atoms with Gasteiger partial charge in [-0.2, -0.15) is 5.10 Å². The molecule has 0 saturated heterocycles. The van der Waals surface area contributed by atoms with Crippen LogP contribution in [0.3, 0.4) is 0 Å². The zero-order valence-electron chi connectivity index (χ0n) is 14.2. The first-order chi connectivity index (χ1) is 11.6. The van der Waals surface area contributed by atoms with Crippen molar-refractivity contribution in [3.8, 4) is 5.69 Å². The predicted molar refractivity (Wildman–Crippen MR) is 93.6 cm³/mol. The van der Waals surface area contributed by atoms with Crippen molar-refractivity contribution in [1.82, 2.24) is 9.78 Å². The van der Waals surface area contributed by atoms with Gasteiger partial charge in [0.2, 0.25) is 0 Å². The normalized spacial score (nSPS) is 11.0. The van der Waals surface area contributed by atoms with Gasteiger partial charge >= 0.3 is 0 Å². The van der Waals surface area contributed by atoms with Crippen LogP contribution < -0.4 is 5.32 Å². The van der Waals surface area contributed by atoms with E-state index in [0.29, 0.717) is 0 Å². The fourth-order valence-corrected chi connectivity index (χ4v) is 2.96. The van der Waals surface area contributed by atoms with E-state index in [9.17, 15) is 4.39 Å². The summed E-state index contributed by atoms with van der Waals surface area (Å²) in [7, 11) is 0. The fraction of sp³-hybridized carbons (Fsp3) is 0.250. The van der Waals surface area contributed by atoms with E-state index in [-0.39, 0.29) is 5.82 Å². The predicted octanol–water partition coefficient (Wildman–Crippen LogP) is 2.93. The highest BCUT2D eigenvalue weighted by atomic mass is 19.1. The van der Waals surface area contributed by atoms with Crippen molar-refractivity contribution in [2.75, 3.05) is 6.54 Å². The van der Waals surface area contributed by atoms with Crippen LogP contribution in [0.15, 0.2) is 54.6 Å². The van der Waals surface area contributed by atoms with Gasteiger partial charge in [0.25, 0.3) is 0 Å². The Morgan fingerprint density at radius 1 is 1.00 bits per heavy atom. The van der Waals surface area contributed by atoms with Gasteiger partial charge in [-0.05, 0) is 43.7 Å². The second-order valence-corrected chi connectivity index (χ2v) is 6.05. The molecule has 4 heteroatoms. The van der Waals surface area contributed by atoms with Crippen LogP contribution in [0.1, 0.15) is 22.5 Å². The average Bonchev–Trinajstić information content (AvgIpc) is 2.88. The number of rotatable bonds is 6. The highest BCUT2D eigenvalue weighted by molar-refractivity contribution is 5.36. The summed E-state index contributed by atoms with van der Waals surface area (Å²) in [6.07, 6.45) is 1.06. The number of halogens is 1. The Bertz CT molecular complexity index is 792. The summed E-state index contributed by atoms with van der Waals surface area (Å²) in [5, 5.41) is 6.94. The topological polar surface area (TPSA) is 34.4 Å². The van der Waals surface area contributed by atoms with Crippen molar-refractivity contribution >= 4 is 0 Å². The van der Waals surface area contributed by atoms with Crippen LogP contribution in [0.25, 0.3) is 5.69 Å². The molecule has 3 rings (SSSR count). The summed E-state index contributed by atoms with van der Waals surface area (Å²) >= 11 is 0. The van der Waals surface area contributed by atoms with E-state index < -0.39 is 0 Å². The van der Waals surface area contributed by atoms with Crippen molar-refractivity contribution in [3.05, 3.63) is 82.9 Å². The summed E-state index contributed by atoms with van der Waals surface area (Å²) in [5.74, 6) is -0.227. The van der Waals surface area contributed by atoms with Gasteiger partial charge in [-0.1, -0.05) is 30.3 Å². The Labute approximate surface area is 142 Å². The van der Waals surface area contributed by atoms with Crippen molar-refractivity contribution in [2.45, 2.75) is 26.8 Å².